The largest absolute Gasteiger partial charge is 0.508 e. The molecule has 0 aliphatic rings. The predicted molar refractivity (Wildman–Crippen MR) is 229 cm³/mol. The molecule has 9 nitrogen and oxygen atoms in total. The molecule has 0 saturated heterocycles. The number of anilines is 1. The number of nitrogen functional groups attached to an aromatic ring is 1. The van der Waals surface area contributed by atoms with Crippen LogP contribution in [-0.2, 0) is 16.0 Å². The van der Waals surface area contributed by atoms with Crippen molar-refractivity contribution in [3.63, 3.8) is 0 Å². The number of nitrogens with two attached hydrogens (primary N) is 1. The molecule has 0 heterocycles. The van der Waals surface area contributed by atoms with Gasteiger partial charge in [0.2, 0.25) is 5.24 Å². The van der Waals surface area contributed by atoms with Crippen molar-refractivity contribution in [2.24, 2.45) is 10.8 Å². The summed E-state index contributed by atoms with van der Waals surface area (Å²) >= 11 is 5.53. The first-order valence-electron chi connectivity index (χ1n) is 19.1. The van der Waals surface area contributed by atoms with Gasteiger partial charge in [0.15, 0.2) is 11.6 Å². The highest BCUT2D eigenvalue weighted by Crippen LogP contribution is 2.30. The zero-order chi connectivity index (χ0) is 43.1. The Bertz CT molecular complexity index is 2020. The average molecular weight is 802 g/mol. The number of Topliss-reactive ketones (excluding diaryl/α,β-unsaturated/α-hetero) is 3. The molecule has 4 N–H and O–H groups in total. The van der Waals surface area contributed by atoms with Crippen LogP contribution in [0.15, 0.2) is 72.8 Å². The van der Waals surface area contributed by atoms with Crippen molar-refractivity contribution in [1.82, 2.24) is 0 Å². The van der Waals surface area contributed by atoms with E-state index < -0.39 is 10.8 Å². The Labute approximate surface area is 343 Å². The van der Waals surface area contributed by atoms with Crippen molar-refractivity contribution in [2.75, 3.05) is 18.9 Å². The molecule has 0 radical (unpaired) electrons. The third-order valence-corrected chi connectivity index (χ3v) is 10.2. The SMILES string of the molecule is CC(=O)c1ccc(O)c(CC(=O)C(C)(C)CCCOc2cc(C)ccc2C)c1.CC(=O)c1ccc(O)c(N)c1.Cc1ccc(C)c(OCCCC(C)(C)C(=O)Cl)c1. The van der Waals surface area contributed by atoms with Crippen molar-refractivity contribution >= 4 is 39.9 Å². The lowest BCUT2D eigenvalue weighted by atomic mass is 9.80. The van der Waals surface area contributed by atoms with Gasteiger partial charge < -0.3 is 25.4 Å². The molecule has 0 unspecified atom stereocenters. The van der Waals surface area contributed by atoms with Crippen molar-refractivity contribution in [1.29, 1.82) is 0 Å². The number of phenolic OH excluding ortho intramolecular Hbond substituents is 2. The van der Waals surface area contributed by atoms with E-state index in [-0.39, 0.29) is 46.2 Å². The average Bonchev–Trinajstić information content (AvgIpc) is 3.13. The summed E-state index contributed by atoms with van der Waals surface area (Å²) in [6.07, 6.45) is 3.10. The lowest BCUT2D eigenvalue weighted by molar-refractivity contribution is -0.126. The Morgan fingerprint density at radius 3 is 1.51 bits per heavy atom. The molecule has 4 aromatic rings. The van der Waals surface area contributed by atoms with Gasteiger partial charge in [-0.25, -0.2) is 0 Å². The van der Waals surface area contributed by atoms with Gasteiger partial charge in [-0.15, -0.1) is 0 Å². The summed E-state index contributed by atoms with van der Waals surface area (Å²) < 4.78 is 11.6. The summed E-state index contributed by atoms with van der Waals surface area (Å²) in [5.41, 5.74) is 10.7. The molecular weight excluding hydrogens is 742 g/mol. The highest BCUT2D eigenvalue weighted by atomic mass is 35.5. The first-order valence-corrected chi connectivity index (χ1v) is 19.5. The van der Waals surface area contributed by atoms with E-state index in [1.54, 1.807) is 12.1 Å². The first kappa shape index (κ1) is 48.0. The van der Waals surface area contributed by atoms with Gasteiger partial charge >= 0.3 is 0 Å². The number of aromatic hydroxyl groups is 2. The molecule has 0 aliphatic heterocycles. The minimum absolute atomic E-state index is 0.00926. The van der Waals surface area contributed by atoms with E-state index in [1.165, 1.54) is 43.7 Å². The number of rotatable bonds is 16. The van der Waals surface area contributed by atoms with Gasteiger partial charge in [-0.05, 0) is 150 Å². The number of halogens is 1. The van der Waals surface area contributed by atoms with Crippen molar-refractivity contribution in [3.05, 3.63) is 112 Å². The van der Waals surface area contributed by atoms with E-state index >= 15 is 0 Å². The molecule has 308 valence electrons. The first-order chi connectivity index (χ1) is 26.5. The number of hydrogen-bond acceptors (Lipinski definition) is 9. The molecule has 0 amide bonds. The maximum atomic E-state index is 12.8. The standard InChI is InChI=1S/C24H30O4.C15H21ClO2.C8H9NO2/c1-16-7-8-17(2)22(13-16)28-12-6-11-24(4,5)23(27)15-20-14-19(18(3)25)9-10-21(20)26;1-11-6-7-12(2)13(10-11)18-9-5-8-15(3,4)14(16)17;1-5(10)6-2-3-8(11)7(9)4-6/h7-10,13-14,26H,6,11-12,15H2,1-5H3;6-7,10H,5,8-9H2,1-4H3;2-4,11H,9H2,1H3. The fourth-order valence-electron chi connectivity index (χ4n) is 5.49. The monoisotopic (exact) mass is 801 g/mol. The second-order valence-corrected chi connectivity index (χ2v) is 16.2. The van der Waals surface area contributed by atoms with Gasteiger partial charge in [0.25, 0.3) is 0 Å². The third kappa shape index (κ3) is 16.1. The Morgan fingerprint density at radius 1 is 0.632 bits per heavy atom. The number of ether oxygens (including phenoxy) is 2. The van der Waals surface area contributed by atoms with Crippen LogP contribution in [-0.4, -0.2) is 46.0 Å². The zero-order valence-electron chi connectivity index (χ0n) is 35.2. The second kappa shape index (κ2) is 22.0. The van der Waals surface area contributed by atoms with Crippen LogP contribution in [0.2, 0.25) is 0 Å². The van der Waals surface area contributed by atoms with Crippen LogP contribution < -0.4 is 15.2 Å². The van der Waals surface area contributed by atoms with Gasteiger partial charge in [0.05, 0.1) is 18.9 Å². The molecular formula is C47H60ClNO8. The van der Waals surface area contributed by atoms with E-state index in [1.807, 2.05) is 73.6 Å². The fraction of sp³-hybridized carbons (Fsp3) is 0.404. The van der Waals surface area contributed by atoms with E-state index in [0.29, 0.717) is 36.3 Å². The number of benzene rings is 4. The van der Waals surface area contributed by atoms with E-state index in [0.717, 1.165) is 47.5 Å². The summed E-state index contributed by atoms with van der Waals surface area (Å²) in [5.74, 6) is 1.76. The molecule has 57 heavy (non-hydrogen) atoms. The van der Waals surface area contributed by atoms with Gasteiger partial charge in [-0.2, -0.15) is 0 Å². The molecule has 0 spiro atoms. The summed E-state index contributed by atoms with van der Waals surface area (Å²) in [7, 11) is 0. The quantitative estimate of drug-likeness (QED) is 0.0330. The van der Waals surface area contributed by atoms with Gasteiger partial charge in [0.1, 0.15) is 28.8 Å². The number of carbonyl (C=O) groups excluding carboxylic acids is 4. The smallest absolute Gasteiger partial charge is 0.227 e. The molecule has 0 bridgehead atoms. The van der Waals surface area contributed by atoms with Gasteiger partial charge in [-0.3, -0.25) is 19.2 Å². The predicted octanol–water partition coefficient (Wildman–Crippen LogP) is 10.6. The number of aryl methyl sites for hydroxylation is 4. The zero-order valence-corrected chi connectivity index (χ0v) is 35.9. The highest BCUT2D eigenvalue weighted by Gasteiger charge is 2.28. The van der Waals surface area contributed by atoms with Crippen LogP contribution in [0.25, 0.3) is 0 Å². The summed E-state index contributed by atoms with van der Waals surface area (Å²) in [6, 6.07) is 21.3. The maximum Gasteiger partial charge on any atom is 0.227 e. The van der Waals surface area contributed by atoms with Crippen molar-refractivity contribution in [3.8, 4) is 23.0 Å². The maximum absolute atomic E-state index is 12.8. The van der Waals surface area contributed by atoms with E-state index in [2.05, 4.69) is 18.2 Å². The number of phenols is 2. The molecule has 0 atom stereocenters. The summed E-state index contributed by atoms with van der Waals surface area (Å²) in [4.78, 5) is 46.3. The highest BCUT2D eigenvalue weighted by molar-refractivity contribution is 6.64. The topological polar surface area (TPSA) is 153 Å². The van der Waals surface area contributed by atoms with Crippen LogP contribution >= 0.6 is 11.6 Å². The van der Waals surface area contributed by atoms with Gasteiger partial charge in [-0.1, -0.05) is 52.0 Å². The lowest BCUT2D eigenvalue weighted by Crippen LogP contribution is -2.26. The molecule has 0 aromatic heterocycles. The van der Waals surface area contributed by atoms with Crippen LogP contribution in [0.1, 0.15) is 116 Å². The molecule has 0 fully saturated rings. The van der Waals surface area contributed by atoms with Crippen LogP contribution in [0.3, 0.4) is 0 Å². The van der Waals surface area contributed by atoms with Crippen LogP contribution in [0, 0.1) is 38.5 Å². The Kier molecular flexibility index (Phi) is 18.5. The number of carbonyl (C=O) groups is 4. The van der Waals surface area contributed by atoms with Crippen LogP contribution in [0.4, 0.5) is 5.69 Å². The minimum Gasteiger partial charge on any atom is -0.508 e. The number of hydrogen-bond donors (Lipinski definition) is 3. The second-order valence-electron chi connectivity index (χ2n) is 15.8. The van der Waals surface area contributed by atoms with Gasteiger partial charge in [0, 0.05) is 33.9 Å². The molecule has 0 aliphatic carbocycles. The van der Waals surface area contributed by atoms with E-state index in [9.17, 15) is 24.3 Å². The number of ketones is 3. The minimum atomic E-state index is -0.538. The van der Waals surface area contributed by atoms with Crippen molar-refractivity contribution in [2.45, 2.75) is 101 Å². The molecule has 4 aromatic carbocycles. The molecule has 4 rings (SSSR count). The van der Waals surface area contributed by atoms with Crippen molar-refractivity contribution < 1.29 is 38.9 Å². The molecule has 10 heteroatoms. The summed E-state index contributed by atoms with van der Waals surface area (Å²) in [5, 5.41) is 18.7. The Hall–Kier alpha value is -5.15. The molecule has 0 saturated carbocycles. The Balaban J connectivity index is 0.000000329. The summed E-state index contributed by atoms with van der Waals surface area (Å²) in [6.45, 7) is 19.8. The third-order valence-electron chi connectivity index (χ3n) is 9.65. The fourth-order valence-corrected chi connectivity index (χ4v) is 5.58. The van der Waals surface area contributed by atoms with E-state index in [4.69, 9.17) is 31.9 Å². The normalized spacial score (nSPS) is 11.0. The lowest BCUT2D eigenvalue weighted by Gasteiger charge is -2.23. The van der Waals surface area contributed by atoms with Crippen LogP contribution in [0.5, 0.6) is 23.0 Å². The Morgan fingerprint density at radius 2 is 1.07 bits per heavy atom.